The summed E-state index contributed by atoms with van der Waals surface area (Å²) in [5, 5.41) is 0.510. The molecule has 1 aliphatic rings. The number of aryl methyl sites for hydroxylation is 2. The molecule has 0 N–H and O–H groups in total. The van der Waals surface area contributed by atoms with Gasteiger partial charge >= 0.3 is 0 Å². The molecule has 1 saturated heterocycles. The number of aromatic nitrogens is 1. The standard InChI is InChI=1S/C17H19ClN2O3/c1-11-10-14(12(2)22-11)17(21)20-8-5-13(6-9-20)23-16-15(18)4-3-7-19-16/h3-4,7,10,13H,5-6,8-9H2,1-2H3. The lowest BCUT2D eigenvalue weighted by Crippen LogP contribution is -2.42. The Morgan fingerprint density at radius 1 is 1.39 bits per heavy atom. The Labute approximate surface area is 140 Å². The third-order valence-corrected chi connectivity index (χ3v) is 4.29. The largest absolute Gasteiger partial charge is 0.473 e. The Bertz CT molecular complexity index is 706. The molecule has 1 fully saturated rings. The highest BCUT2D eigenvalue weighted by Crippen LogP contribution is 2.25. The second-order valence-electron chi connectivity index (χ2n) is 5.73. The quantitative estimate of drug-likeness (QED) is 0.860. The van der Waals surface area contributed by atoms with E-state index in [2.05, 4.69) is 4.98 Å². The highest BCUT2D eigenvalue weighted by molar-refractivity contribution is 6.31. The number of likely N-dealkylation sites (tertiary alicyclic amines) is 1. The van der Waals surface area contributed by atoms with Crippen molar-refractivity contribution >= 4 is 17.5 Å². The summed E-state index contributed by atoms with van der Waals surface area (Å²) in [6.07, 6.45) is 3.20. The second-order valence-corrected chi connectivity index (χ2v) is 6.13. The van der Waals surface area contributed by atoms with Gasteiger partial charge in [-0.2, -0.15) is 0 Å². The minimum Gasteiger partial charge on any atom is -0.473 e. The van der Waals surface area contributed by atoms with E-state index in [0.717, 1.165) is 18.6 Å². The maximum atomic E-state index is 12.5. The molecule has 0 spiro atoms. The van der Waals surface area contributed by atoms with E-state index in [-0.39, 0.29) is 12.0 Å². The van der Waals surface area contributed by atoms with Gasteiger partial charge in [0.1, 0.15) is 22.6 Å². The lowest BCUT2D eigenvalue weighted by atomic mass is 10.1. The van der Waals surface area contributed by atoms with Gasteiger partial charge in [-0.25, -0.2) is 4.98 Å². The number of ether oxygens (including phenoxy) is 1. The van der Waals surface area contributed by atoms with Crippen LogP contribution in [0.3, 0.4) is 0 Å². The minimum absolute atomic E-state index is 0.0219. The molecule has 0 atom stereocenters. The predicted molar refractivity (Wildman–Crippen MR) is 87.0 cm³/mol. The Morgan fingerprint density at radius 2 is 2.13 bits per heavy atom. The van der Waals surface area contributed by atoms with E-state index < -0.39 is 0 Å². The Morgan fingerprint density at radius 3 is 2.74 bits per heavy atom. The maximum absolute atomic E-state index is 12.5. The number of nitrogens with zero attached hydrogens (tertiary/aromatic N) is 2. The van der Waals surface area contributed by atoms with E-state index in [4.69, 9.17) is 20.8 Å². The van der Waals surface area contributed by atoms with E-state index in [0.29, 0.717) is 35.3 Å². The fraction of sp³-hybridized carbons (Fsp3) is 0.412. The average molecular weight is 335 g/mol. The second kappa shape index (κ2) is 6.62. The van der Waals surface area contributed by atoms with Crippen LogP contribution in [0.2, 0.25) is 5.02 Å². The van der Waals surface area contributed by atoms with Gasteiger partial charge in [0.05, 0.1) is 5.56 Å². The van der Waals surface area contributed by atoms with Crippen molar-refractivity contribution in [1.29, 1.82) is 0 Å². The van der Waals surface area contributed by atoms with Crippen LogP contribution in [-0.2, 0) is 0 Å². The third-order valence-electron chi connectivity index (χ3n) is 4.00. The van der Waals surface area contributed by atoms with E-state index in [1.165, 1.54) is 0 Å². The number of carbonyl (C=O) groups is 1. The zero-order valence-electron chi connectivity index (χ0n) is 13.2. The van der Waals surface area contributed by atoms with Crippen molar-refractivity contribution < 1.29 is 13.9 Å². The van der Waals surface area contributed by atoms with Crippen LogP contribution in [0.15, 0.2) is 28.8 Å². The van der Waals surface area contributed by atoms with Crippen LogP contribution in [0.1, 0.15) is 34.7 Å². The highest BCUT2D eigenvalue weighted by Gasteiger charge is 2.27. The van der Waals surface area contributed by atoms with Crippen molar-refractivity contribution in [3.63, 3.8) is 0 Å². The van der Waals surface area contributed by atoms with Gasteiger partial charge in [-0.15, -0.1) is 0 Å². The highest BCUT2D eigenvalue weighted by atomic mass is 35.5. The van der Waals surface area contributed by atoms with Crippen LogP contribution in [0.25, 0.3) is 0 Å². The summed E-state index contributed by atoms with van der Waals surface area (Å²) < 4.78 is 11.3. The lowest BCUT2D eigenvalue weighted by Gasteiger charge is -2.32. The van der Waals surface area contributed by atoms with Crippen molar-refractivity contribution in [2.75, 3.05) is 13.1 Å². The molecule has 2 aromatic heterocycles. The van der Waals surface area contributed by atoms with Gasteiger partial charge in [0.2, 0.25) is 5.88 Å². The topological polar surface area (TPSA) is 55.6 Å². The summed E-state index contributed by atoms with van der Waals surface area (Å²) in [6, 6.07) is 5.33. The van der Waals surface area contributed by atoms with E-state index in [1.54, 1.807) is 24.4 Å². The smallest absolute Gasteiger partial charge is 0.257 e. The predicted octanol–water partition coefficient (Wildman–Crippen LogP) is 3.63. The van der Waals surface area contributed by atoms with Crippen molar-refractivity contribution in [2.24, 2.45) is 0 Å². The summed E-state index contributed by atoms with van der Waals surface area (Å²) in [5.41, 5.74) is 0.648. The van der Waals surface area contributed by atoms with Crippen molar-refractivity contribution in [2.45, 2.75) is 32.8 Å². The lowest BCUT2D eigenvalue weighted by molar-refractivity contribution is 0.0586. The molecule has 3 rings (SSSR count). The molecule has 0 bridgehead atoms. The molecule has 23 heavy (non-hydrogen) atoms. The first-order chi connectivity index (χ1) is 11.0. The first-order valence-corrected chi connectivity index (χ1v) is 8.06. The Balaban J connectivity index is 1.59. The fourth-order valence-corrected chi connectivity index (χ4v) is 2.97. The number of amides is 1. The molecular formula is C17H19ClN2O3. The maximum Gasteiger partial charge on any atom is 0.257 e. The number of furan rings is 1. The number of piperidine rings is 1. The van der Waals surface area contributed by atoms with E-state index in [1.807, 2.05) is 18.7 Å². The fourth-order valence-electron chi connectivity index (χ4n) is 2.81. The van der Waals surface area contributed by atoms with Crippen LogP contribution in [-0.4, -0.2) is 35.0 Å². The minimum atomic E-state index is 0.0219. The molecule has 122 valence electrons. The molecular weight excluding hydrogens is 316 g/mol. The number of hydrogen-bond donors (Lipinski definition) is 0. The van der Waals surface area contributed by atoms with Gasteiger partial charge in [-0.1, -0.05) is 11.6 Å². The van der Waals surface area contributed by atoms with Crippen LogP contribution < -0.4 is 4.74 Å². The molecule has 3 heterocycles. The number of carbonyl (C=O) groups excluding carboxylic acids is 1. The Hall–Kier alpha value is -2.01. The first kappa shape index (κ1) is 15.9. The average Bonchev–Trinajstić information content (AvgIpc) is 2.88. The van der Waals surface area contributed by atoms with Gasteiger partial charge < -0.3 is 14.1 Å². The number of halogens is 1. The van der Waals surface area contributed by atoms with Crippen molar-refractivity contribution in [1.82, 2.24) is 9.88 Å². The van der Waals surface area contributed by atoms with Crippen LogP contribution in [0, 0.1) is 13.8 Å². The van der Waals surface area contributed by atoms with Crippen LogP contribution in [0.4, 0.5) is 0 Å². The van der Waals surface area contributed by atoms with Gasteiger partial charge in [0, 0.05) is 32.1 Å². The molecule has 5 nitrogen and oxygen atoms in total. The number of rotatable bonds is 3. The molecule has 1 aliphatic heterocycles. The summed E-state index contributed by atoms with van der Waals surface area (Å²) in [5.74, 6) is 1.91. The van der Waals surface area contributed by atoms with Crippen LogP contribution in [0.5, 0.6) is 5.88 Å². The van der Waals surface area contributed by atoms with Crippen molar-refractivity contribution in [3.8, 4) is 5.88 Å². The normalized spacial score (nSPS) is 15.7. The molecule has 2 aromatic rings. The summed E-state index contributed by atoms with van der Waals surface area (Å²) in [7, 11) is 0. The molecule has 0 radical (unpaired) electrons. The zero-order chi connectivity index (χ0) is 16.4. The Kier molecular flexibility index (Phi) is 4.57. The summed E-state index contributed by atoms with van der Waals surface area (Å²) >= 11 is 6.06. The van der Waals surface area contributed by atoms with Gasteiger partial charge in [-0.3, -0.25) is 4.79 Å². The van der Waals surface area contributed by atoms with E-state index in [9.17, 15) is 4.79 Å². The van der Waals surface area contributed by atoms with Gasteiger partial charge in [0.25, 0.3) is 5.91 Å². The monoisotopic (exact) mass is 334 g/mol. The first-order valence-electron chi connectivity index (χ1n) is 7.68. The molecule has 0 unspecified atom stereocenters. The number of hydrogen-bond acceptors (Lipinski definition) is 4. The molecule has 1 amide bonds. The third kappa shape index (κ3) is 3.50. The summed E-state index contributed by atoms with van der Waals surface area (Å²) in [4.78, 5) is 18.5. The molecule has 6 heteroatoms. The molecule has 0 saturated carbocycles. The molecule has 0 aliphatic carbocycles. The zero-order valence-corrected chi connectivity index (χ0v) is 14.0. The van der Waals surface area contributed by atoms with Gasteiger partial charge in [-0.05, 0) is 32.0 Å². The molecule has 0 aromatic carbocycles. The van der Waals surface area contributed by atoms with E-state index >= 15 is 0 Å². The SMILES string of the molecule is Cc1cc(C(=O)N2CCC(Oc3ncccc3Cl)CC2)c(C)o1. The van der Waals surface area contributed by atoms with Crippen LogP contribution >= 0.6 is 11.6 Å². The summed E-state index contributed by atoms with van der Waals surface area (Å²) in [6.45, 7) is 4.97. The number of pyridine rings is 1. The van der Waals surface area contributed by atoms with Gasteiger partial charge in [0.15, 0.2) is 0 Å². The van der Waals surface area contributed by atoms with Crippen molar-refractivity contribution in [3.05, 3.63) is 46.5 Å².